The average Bonchev–Trinajstić information content (AvgIpc) is 3.10. The number of anilines is 1. The summed E-state index contributed by atoms with van der Waals surface area (Å²) in [7, 11) is 3.21. The Morgan fingerprint density at radius 3 is 2.56 bits per heavy atom. The Morgan fingerprint density at radius 2 is 1.89 bits per heavy atom. The molecule has 0 bridgehead atoms. The van der Waals surface area contributed by atoms with Crippen LogP contribution >= 0.6 is 0 Å². The monoisotopic (exact) mass is 365 g/mol. The third-order valence-corrected chi connectivity index (χ3v) is 4.28. The highest BCUT2D eigenvalue weighted by Crippen LogP contribution is 2.38. The van der Waals surface area contributed by atoms with E-state index in [9.17, 15) is 4.79 Å². The SMILES string of the molecule is CCCc1[nH]nc(-c2cc(OC)ccc2OC)c1NC(=O)c1ccccc1. The smallest absolute Gasteiger partial charge is 0.255 e. The van der Waals surface area contributed by atoms with Crippen LogP contribution in [0.2, 0.25) is 0 Å². The lowest BCUT2D eigenvalue weighted by Gasteiger charge is -2.12. The van der Waals surface area contributed by atoms with Crippen LogP contribution in [-0.2, 0) is 6.42 Å². The van der Waals surface area contributed by atoms with Crippen molar-refractivity contribution in [2.24, 2.45) is 0 Å². The number of hydrogen-bond acceptors (Lipinski definition) is 4. The number of benzene rings is 2. The molecule has 140 valence electrons. The highest BCUT2D eigenvalue weighted by atomic mass is 16.5. The van der Waals surface area contributed by atoms with Crippen molar-refractivity contribution in [3.8, 4) is 22.8 Å². The molecule has 2 N–H and O–H groups in total. The maximum atomic E-state index is 12.7. The largest absolute Gasteiger partial charge is 0.497 e. The second-order valence-electron chi connectivity index (χ2n) is 6.06. The fourth-order valence-electron chi connectivity index (χ4n) is 2.91. The zero-order chi connectivity index (χ0) is 19.2. The van der Waals surface area contributed by atoms with Crippen molar-refractivity contribution in [3.05, 3.63) is 59.8 Å². The second-order valence-corrected chi connectivity index (χ2v) is 6.06. The molecule has 6 nitrogen and oxygen atoms in total. The molecule has 0 aliphatic rings. The lowest BCUT2D eigenvalue weighted by atomic mass is 10.1. The van der Waals surface area contributed by atoms with Gasteiger partial charge in [-0.25, -0.2) is 0 Å². The zero-order valence-electron chi connectivity index (χ0n) is 15.7. The Balaban J connectivity index is 2.06. The first-order valence-corrected chi connectivity index (χ1v) is 8.84. The van der Waals surface area contributed by atoms with Crippen molar-refractivity contribution in [2.45, 2.75) is 19.8 Å². The van der Waals surface area contributed by atoms with Crippen molar-refractivity contribution in [1.82, 2.24) is 10.2 Å². The van der Waals surface area contributed by atoms with Gasteiger partial charge in [-0.15, -0.1) is 0 Å². The molecule has 2 aromatic carbocycles. The van der Waals surface area contributed by atoms with Gasteiger partial charge in [0.1, 0.15) is 17.2 Å². The molecule has 0 aliphatic heterocycles. The maximum Gasteiger partial charge on any atom is 0.255 e. The number of methoxy groups -OCH3 is 2. The van der Waals surface area contributed by atoms with Crippen LogP contribution < -0.4 is 14.8 Å². The quantitative estimate of drug-likeness (QED) is 0.654. The first-order valence-electron chi connectivity index (χ1n) is 8.84. The number of carbonyl (C=O) groups excluding carboxylic acids is 1. The summed E-state index contributed by atoms with van der Waals surface area (Å²) in [6.07, 6.45) is 1.69. The van der Waals surface area contributed by atoms with Crippen LogP contribution in [0.4, 0.5) is 5.69 Å². The van der Waals surface area contributed by atoms with Crippen LogP contribution in [0.5, 0.6) is 11.5 Å². The summed E-state index contributed by atoms with van der Waals surface area (Å²) in [5.74, 6) is 1.16. The molecule has 0 saturated heterocycles. The van der Waals surface area contributed by atoms with E-state index in [2.05, 4.69) is 22.4 Å². The lowest BCUT2D eigenvalue weighted by Crippen LogP contribution is -2.13. The standard InChI is InChI=1S/C21H23N3O3/c1-4-8-17-20(22-21(25)14-9-6-5-7-10-14)19(24-23-17)16-13-15(26-2)11-12-18(16)27-3/h5-7,9-13H,4,8H2,1-3H3,(H,22,25)(H,23,24). The number of ether oxygens (including phenoxy) is 2. The highest BCUT2D eigenvalue weighted by Gasteiger charge is 2.20. The minimum atomic E-state index is -0.183. The number of aryl methyl sites for hydroxylation is 1. The normalized spacial score (nSPS) is 10.5. The van der Waals surface area contributed by atoms with Crippen LogP contribution in [0, 0.1) is 0 Å². The number of rotatable bonds is 7. The van der Waals surface area contributed by atoms with Crippen molar-refractivity contribution in [3.63, 3.8) is 0 Å². The Kier molecular flexibility index (Phi) is 5.76. The molecule has 27 heavy (non-hydrogen) atoms. The lowest BCUT2D eigenvalue weighted by molar-refractivity contribution is 0.102. The minimum absolute atomic E-state index is 0.183. The molecule has 0 fully saturated rings. The number of H-pyrrole nitrogens is 1. The van der Waals surface area contributed by atoms with E-state index in [0.717, 1.165) is 24.1 Å². The van der Waals surface area contributed by atoms with Gasteiger partial charge >= 0.3 is 0 Å². The number of hydrogen-bond donors (Lipinski definition) is 2. The average molecular weight is 365 g/mol. The molecule has 0 aliphatic carbocycles. The fraction of sp³-hybridized carbons (Fsp3) is 0.238. The first-order chi connectivity index (χ1) is 13.2. The summed E-state index contributed by atoms with van der Waals surface area (Å²) in [5, 5.41) is 10.5. The third kappa shape index (κ3) is 3.95. The number of aromatic nitrogens is 2. The van der Waals surface area contributed by atoms with Gasteiger partial charge in [0.05, 0.1) is 25.6 Å². The molecule has 6 heteroatoms. The number of nitrogens with zero attached hydrogens (tertiary/aromatic N) is 1. The van der Waals surface area contributed by atoms with Crippen LogP contribution in [0.15, 0.2) is 48.5 Å². The topological polar surface area (TPSA) is 76.2 Å². The predicted octanol–water partition coefficient (Wildman–Crippen LogP) is 4.30. The molecule has 0 unspecified atom stereocenters. The molecule has 3 aromatic rings. The molecule has 3 rings (SSSR count). The molecular formula is C21H23N3O3. The number of amides is 1. The molecule has 0 radical (unpaired) electrons. The van der Waals surface area contributed by atoms with Crippen molar-refractivity contribution in [2.75, 3.05) is 19.5 Å². The Morgan fingerprint density at radius 1 is 1.11 bits per heavy atom. The summed E-state index contributed by atoms with van der Waals surface area (Å²) in [6, 6.07) is 14.6. The van der Waals surface area contributed by atoms with Gasteiger partial charge in [-0.05, 0) is 36.8 Å². The van der Waals surface area contributed by atoms with Crippen LogP contribution in [-0.4, -0.2) is 30.3 Å². The summed E-state index contributed by atoms with van der Waals surface area (Å²) in [6.45, 7) is 2.08. The van der Waals surface area contributed by atoms with Crippen molar-refractivity contribution >= 4 is 11.6 Å². The van der Waals surface area contributed by atoms with Crippen molar-refractivity contribution < 1.29 is 14.3 Å². The summed E-state index contributed by atoms with van der Waals surface area (Å²) < 4.78 is 10.8. The van der Waals surface area contributed by atoms with E-state index in [4.69, 9.17) is 9.47 Å². The van der Waals surface area contributed by atoms with E-state index in [1.165, 1.54) is 0 Å². The molecule has 1 aromatic heterocycles. The van der Waals surface area contributed by atoms with E-state index >= 15 is 0 Å². The maximum absolute atomic E-state index is 12.7. The van der Waals surface area contributed by atoms with Crippen LogP contribution in [0.25, 0.3) is 11.3 Å². The molecule has 1 amide bonds. The third-order valence-electron chi connectivity index (χ3n) is 4.28. The number of carbonyl (C=O) groups is 1. The molecular weight excluding hydrogens is 342 g/mol. The zero-order valence-corrected chi connectivity index (χ0v) is 15.7. The summed E-state index contributed by atoms with van der Waals surface area (Å²) in [4.78, 5) is 12.7. The van der Waals surface area contributed by atoms with Gasteiger partial charge in [-0.2, -0.15) is 5.10 Å². The predicted molar refractivity (Wildman–Crippen MR) is 106 cm³/mol. The highest BCUT2D eigenvalue weighted by molar-refractivity contribution is 6.06. The Bertz CT molecular complexity index is 920. The molecule has 0 saturated carbocycles. The minimum Gasteiger partial charge on any atom is -0.497 e. The van der Waals surface area contributed by atoms with Gasteiger partial charge < -0.3 is 14.8 Å². The van der Waals surface area contributed by atoms with E-state index in [1.54, 1.807) is 26.4 Å². The Labute approximate surface area is 158 Å². The summed E-state index contributed by atoms with van der Waals surface area (Å²) in [5.41, 5.74) is 3.50. The number of nitrogens with one attached hydrogen (secondary N) is 2. The van der Waals surface area contributed by atoms with Crippen molar-refractivity contribution in [1.29, 1.82) is 0 Å². The van der Waals surface area contributed by atoms with Gasteiger partial charge in [0.15, 0.2) is 0 Å². The molecule has 0 atom stereocenters. The first kappa shape index (κ1) is 18.5. The van der Waals surface area contributed by atoms with Gasteiger partial charge in [-0.1, -0.05) is 31.5 Å². The number of aromatic amines is 1. The van der Waals surface area contributed by atoms with Crippen LogP contribution in [0.3, 0.4) is 0 Å². The molecule has 0 spiro atoms. The van der Waals surface area contributed by atoms with E-state index < -0.39 is 0 Å². The fourth-order valence-corrected chi connectivity index (χ4v) is 2.91. The van der Waals surface area contributed by atoms with E-state index in [-0.39, 0.29) is 5.91 Å². The van der Waals surface area contributed by atoms with Gasteiger partial charge in [0, 0.05) is 11.1 Å². The van der Waals surface area contributed by atoms with Gasteiger partial charge in [0.2, 0.25) is 0 Å². The Hall–Kier alpha value is -3.28. The summed E-state index contributed by atoms with van der Waals surface area (Å²) >= 11 is 0. The van der Waals surface area contributed by atoms with E-state index in [1.807, 2.05) is 36.4 Å². The van der Waals surface area contributed by atoms with Gasteiger partial charge in [0.25, 0.3) is 5.91 Å². The second kappa shape index (κ2) is 8.40. The van der Waals surface area contributed by atoms with E-state index in [0.29, 0.717) is 28.4 Å². The van der Waals surface area contributed by atoms with Gasteiger partial charge in [-0.3, -0.25) is 9.89 Å². The molecule has 1 heterocycles. The van der Waals surface area contributed by atoms with Crippen LogP contribution in [0.1, 0.15) is 29.4 Å².